The Labute approximate surface area is 213 Å². The molecule has 0 radical (unpaired) electrons. The van der Waals surface area contributed by atoms with Crippen LogP contribution in [-0.4, -0.2) is 41.9 Å². The zero-order valence-electron chi connectivity index (χ0n) is 18.6. The zero-order chi connectivity index (χ0) is 26.2. The number of carbonyl (C=O) groups is 2. The smallest absolute Gasteiger partial charge is 0.505 e. The second-order valence-electron chi connectivity index (χ2n) is 7.94. The number of nitrogens with one attached hydrogen (secondary N) is 1. The van der Waals surface area contributed by atoms with Gasteiger partial charge in [0.1, 0.15) is 5.75 Å². The fourth-order valence-corrected chi connectivity index (χ4v) is 4.31. The van der Waals surface area contributed by atoms with Gasteiger partial charge in [0.15, 0.2) is 5.75 Å². The zero-order valence-corrected chi connectivity index (χ0v) is 20.1. The van der Waals surface area contributed by atoms with Gasteiger partial charge in [0.2, 0.25) is 0 Å². The van der Waals surface area contributed by atoms with Gasteiger partial charge in [0.25, 0.3) is 11.8 Å². The minimum absolute atomic E-state index is 0.0482. The van der Waals surface area contributed by atoms with E-state index in [-0.39, 0.29) is 51.4 Å². The van der Waals surface area contributed by atoms with E-state index in [9.17, 15) is 27.9 Å². The Bertz CT molecular complexity index is 1330. The highest BCUT2D eigenvalue weighted by Crippen LogP contribution is 2.36. The largest absolute Gasteiger partial charge is 0.573 e. The summed E-state index contributed by atoms with van der Waals surface area (Å²) in [6.07, 6.45) is -4.89. The molecule has 0 bridgehead atoms. The number of phenolic OH excluding ortho intramolecular Hbond substituents is 1. The molecule has 0 saturated carbocycles. The van der Waals surface area contributed by atoms with Crippen LogP contribution in [0.25, 0.3) is 0 Å². The lowest BCUT2D eigenvalue weighted by Crippen LogP contribution is -2.45. The highest BCUT2D eigenvalue weighted by molar-refractivity contribution is 6.37. The number of hydrogen-bond donors (Lipinski definition) is 2. The number of nitrogens with zero attached hydrogens (tertiary/aromatic N) is 2. The molecule has 0 fully saturated rings. The first-order chi connectivity index (χ1) is 16.9. The van der Waals surface area contributed by atoms with Crippen molar-refractivity contribution in [3.05, 3.63) is 81.3 Å². The third kappa shape index (κ3) is 5.29. The van der Waals surface area contributed by atoms with Crippen LogP contribution in [-0.2, 0) is 6.54 Å². The topological polar surface area (TPSA) is 82.1 Å². The van der Waals surface area contributed by atoms with Gasteiger partial charge < -0.3 is 25.0 Å². The van der Waals surface area contributed by atoms with E-state index in [2.05, 4.69) is 10.1 Å². The molecule has 0 unspecified atom stereocenters. The number of anilines is 2. The molecular weight excluding hydrogens is 522 g/mol. The minimum atomic E-state index is -4.89. The summed E-state index contributed by atoms with van der Waals surface area (Å²) in [7, 11) is 1.71. The van der Waals surface area contributed by atoms with Gasteiger partial charge >= 0.3 is 6.36 Å². The van der Waals surface area contributed by atoms with Gasteiger partial charge in [-0.2, -0.15) is 0 Å². The van der Waals surface area contributed by atoms with Gasteiger partial charge in [-0.3, -0.25) is 9.59 Å². The number of alkyl halides is 3. The van der Waals surface area contributed by atoms with Gasteiger partial charge in [-0.05, 0) is 30.3 Å². The highest BCUT2D eigenvalue weighted by Gasteiger charge is 2.34. The second-order valence-corrected chi connectivity index (χ2v) is 8.75. The predicted octanol–water partition coefficient (Wildman–Crippen LogP) is 5.90. The fraction of sp³-hybridized carbons (Fsp3) is 0.167. The summed E-state index contributed by atoms with van der Waals surface area (Å²) < 4.78 is 42.6. The summed E-state index contributed by atoms with van der Waals surface area (Å²) in [6.45, 7) is -0.0763. The van der Waals surface area contributed by atoms with E-state index in [0.717, 1.165) is 0 Å². The molecule has 188 valence electrons. The monoisotopic (exact) mass is 539 g/mol. The average molecular weight is 540 g/mol. The van der Waals surface area contributed by atoms with Crippen LogP contribution in [0.5, 0.6) is 11.5 Å². The van der Waals surface area contributed by atoms with E-state index in [4.69, 9.17) is 23.2 Å². The Kier molecular flexibility index (Phi) is 6.92. The molecule has 0 aromatic heterocycles. The van der Waals surface area contributed by atoms with Gasteiger partial charge in [0, 0.05) is 18.2 Å². The van der Waals surface area contributed by atoms with Crippen LogP contribution >= 0.6 is 23.2 Å². The molecule has 7 nitrogen and oxygen atoms in total. The van der Waals surface area contributed by atoms with Crippen LogP contribution in [0.4, 0.5) is 24.5 Å². The Hall–Kier alpha value is -3.63. The van der Waals surface area contributed by atoms with Crippen molar-refractivity contribution in [2.45, 2.75) is 12.9 Å². The summed E-state index contributed by atoms with van der Waals surface area (Å²) in [4.78, 5) is 29.4. The lowest BCUT2D eigenvalue weighted by atomic mass is 10.0. The van der Waals surface area contributed by atoms with Crippen LogP contribution in [0.2, 0.25) is 10.0 Å². The normalized spacial score (nSPS) is 13.4. The second kappa shape index (κ2) is 9.79. The third-order valence-electron chi connectivity index (χ3n) is 5.42. The van der Waals surface area contributed by atoms with Crippen molar-refractivity contribution in [3.63, 3.8) is 0 Å². The van der Waals surface area contributed by atoms with Crippen LogP contribution in [0.15, 0.2) is 54.6 Å². The number of rotatable bonds is 5. The Balaban J connectivity index is 1.64. The number of para-hydroxylation sites is 1. The maximum absolute atomic E-state index is 13.5. The maximum atomic E-state index is 13.5. The SMILES string of the molecule is CN1CN(Cc2ccccc2OC(F)(F)F)C(=O)c2c(NC(=O)c3cc(Cl)c(O)c(Cl)c3)cccc21. The van der Waals surface area contributed by atoms with Crippen molar-refractivity contribution in [3.8, 4) is 11.5 Å². The van der Waals surface area contributed by atoms with E-state index < -0.39 is 23.9 Å². The summed E-state index contributed by atoms with van der Waals surface area (Å²) in [5.41, 5.74) is 1.07. The Morgan fingerprint density at radius 2 is 1.78 bits per heavy atom. The Morgan fingerprint density at radius 1 is 1.11 bits per heavy atom. The molecule has 0 spiro atoms. The summed E-state index contributed by atoms with van der Waals surface area (Å²) in [6, 6.07) is 12.9. The van der Waals surface area contributed by atoms with E-state index in [1.54, 1.807) is 30.1 Å². The summed E-state index contributed by atoms with van der Waals surface area (Å²) in [5, 5.41) is 12.1. The number of carbonyl (C=O) groups excluding carboxylic acids is 2. The van der Waals surface area contributed by atoms with Gasteiger partial charge in [0.05, 0.1) is 40.2 Å². The number of aromatic hydroxyl groups is 1. The molecule has 1 aliphatic heterocycles. The van der Waals surface area contributed by atoms with Gasteiger partial charge in [-0.25, -0.2) is 0 Å². The van der Waals surface area contributed by atoms with Crippen molar-refractivity contribution in [2.24, 2.45) is 0 Å². The Morgan fingerprint density at radius 3 is 2.44 bits per heavy atom. The number of phenols is 1. The molecule has 4 rings (SSSR count). The first-order valence-corrected chi connectivity index (χ1v) is 11.2. The minimum Gasteiger partial charge on any atom is -0.505 e. The van der Waals surface area contributed by atoms with Gasteiger partial charge in [-0.1, -0.05) is 47.5 Å². The molecular formula is C24H18Cl2F3N3O4. The van der Waals surface area contributed by atoms with E-state index >= 15 is 0 Å². The van der Waals surface area contributed by atoms with Crippen LogP contribution in [0.1, 0.15) is 26.3 Å². The third-order valence-corrected chi connectivity index (χ3v) is 6.00. The molecule has 36 heavy (non-hydrogen) atoms. The number of hydrogen-bond acceptors (Lipinski definition) is 5. The number of amides is 2. The van der Waals surface area contributed by atoms with Crippen LogP contribution in [0.3, 0.4) is 0 Å². The fourth-order valence-electron chi connectivity index (χ4n) is 3.82. The molecule has 1 aliphatic rings. The van der Waals surface area contributed by atoms with Crippen molar-refractivity contribution < 1.29 is 32.6 Å². The van der Waals surface area contributed by atoms with E-state index in [1.807, 2.05) is 0 Å². The summed E-state index contributed by atoms with van der Waals surface area (Å²) in [5.74, 6) is -1.91. The molecule has 3 aromatic carbocycles. The molecule has 0 aliphatic carbocycles. The molecule has 0 saturated heterocycles. The number of benzene rings is 3. The molecule has 12 heteroatoms. The average Bonchev–Trinajstić information content (AvgIpc) is 2.80. The standard InChI is InChI=1S/C24H18Cl2F3N3O4/c1-31-12-32(11-13-5-2-3-8-19(13)36-24(27,28)29)23(35)20-17(6-4-7-18(20)31)30-22(34)14-9-15(25)21(33)16(26)10-14/h2-10,33H,11-12H2,1H3,(H,30,34). The first-order valence-electron chi connectivity index (χ1n) is 10.4. The van der Waals surface area contributed by atoms with Crippen molar-refractivity contribution in [2.75, 3.05) is 23.9 Å². The van der Waals surface area contributed by atoms with Crippen LogP contribution in [0, 0.1) is 0 Å². The number of fused-ring (bicyclic) bond motifs is 1. The summed E-state index contributed by atoms with van der Waals surface area (Å²) >= 11 is 11.8. The lowest BCUT2D eigenvalue weighted by molar-refractivity contribution is -0.275. The van der Waals surface area contributed by atoms with Crippen molar-refractivity contribution in [1.82, 2.24) is 4.90 Å². The molecule has 0 atom stereocenters. The van der Waals surface area contributed by atoms with E-state index in [0.29, 0.717) is 5.69 Å². The predicted molar refractivity (Wildman–Crippen MR) is 129 cm³/mol. The number of ether oxygens (including phenoxy) is 1. The molecule has 1 heterocycles. The molecule has 2 N–H and O–H groups in total. The first kappa shape index (κ1) is 25.5. The van der Waals surface area contributed by atoms with E-state index in [1.165, 1.54) is 41.3 Å². The molecule has 2 amide bonds. The number of halogens is 5. The van der Waals surface area contributed by atoms with Gasteiger partial charge in [-0.15, -0.1) is 13.2 Å². The molecule has 3 aromatic rings. The maximum Gasteiger partial charge on any atom is 0.573 e. The quantitative estimate of drug-likeness (QED) is 0.421. The lowest BCUT2D eigenvalue weighted by Gasteiger charge is -2.37. The van der Waals surface area contributed by atoms with Crippen molar-refractivity contribution >= 4 is 46.4 Å². The van der Waals surface area contributed by atoms with Crippen LogP contribution < -0.4 is 15.0 Å². The van der Waals surface area contributed by atoms with Crippen molar-refractivity contribution in [1.29, 1.82) is 0 Å². The highest BCUT2D eigenvalue weighted by atomic mass is 35.5.